The molecule has 0 fully saturated rings. The topological polar surface area (TPSA) is 68.9 Å². The first kappa shape index (κ1) is 18.5. The van der Waals surface area contributed by atoms with Crippen molar-refractivity contribution in [3.63, 3.8) is 0 Å². The van der Waals surface area contributed by atoms with E-state index in [9.17, 15) is 9.59 Å². The largest absolute Gasteiger partial charge is 0.330 e. The molecule has 1 aliphatic heterocycles. The minimum Gasteiger partial charge on any atom is -0.330 e. The lowest BCUT2D eigenvalue weighted by Gasteiger charge is -2.17. The van der Waals surface area contributed by atoms with Crippen molar-refractivity contribution < 1.29 is 4.79 Å². The van der Waals surface area contributed by atoms with Gasteiger partial charge in [0.1, 0.15) is 17.9 Å². The molecule has 3 heterocycles. The zero-order valence-electron chi connectivity index (χ0n) is 16.7. The summed E-state index contributed by atoms with van der Waals surface area (Å²) < 4.78 is 3.56. The Labute approximate surface area is 164 Å². The molecule has 0 saturated carbocycles. The van der Waals surface area contributed by atoms with E-state index in [1.807, 2.05) is 31.2 Å². The molecule has 0 spiro atoms. The van der Waals surface area contributed by atoms with Crippen LogP contribution >= 0.6 is 0 Å². The third-order valence-electron chi connectivity index (χ3n) is 5.46. The predicted octanol–water partition coefficient (Wildman–Crippen LogP) is 3.60. The molecular formula is C22H26N4O2. The Morgan fingerprint density at radius 1 is 1.25 bits per heavy atom. The quantitative estimate of drug-likeness (QED) is 0.754. The van der Waals surface area contributed by atoms with Crippen LogP contribution in [0.3, 0.4) is 0 Å². The molecule has 4 rings (SSSR count). The predicted molar refractivity (Wildman–Crippen MR) is 111 cm³/mol. The molecule has 1 aliphatic rings. The van der Waals surface area contributed by atoms with Crippen molar-refractivity contribution in [1.29, 1.82) is 0 Å². The second kappa shape index (κ2) is 7.26. The number of fused-ring (bicyclic) bond motifs is 2. The molecule has 6 heteroatoms. The van der Waals surface area contributed by atoms with E-state index >= 15 is 0 Å². The van der Waals surface area contributed by atoms with E-state index in [0.717, 1.165) is 36.5 Å². The Balaban J connectivity index is 1.64. The van der Waals surface area contributed by atoms with Gasteiger partial charge in [-0.2, -0.15) is 0 Å². The van der Waals surface area contributed by atoms with Gasteiger partial charge in [0, 0.05) is 24.3 Å². The fourth-order valence-corrected chi connectivity index (χ4v) is 3.91. The molecule has 1 N–H and O–H groups in total. The van der Waals surface area contributed by atoms with Gasteiger partial charge in [-0.15, -0.1) is 0 Å². The van der Waals surface area contributed by atoms with E-state index in [1.165, 1.54) is 5.56 Å². The van der Waals surface area contributed by atoms with Crippen LogP contribution in [0.5, 0.6) is 0 Å². The number of amides is 1. The van der Waals surface area contributed by atoms with Crippen LogP contribution in [0.15, 0.2) is 35.1 Å². The maximum atomic E-state index is 13.0. The summed E-state index contributed by atoms with van der Waals surface area (Å²) >= 11 is 0. The molecule has 0 radical (unpaired) electrons. The van der Waals surface area contributed by atoms with Crippen molar-refractivity contribution in [2.75, 3.05) is 5.32 Å². The van der Waals surface area contributed by atoms with Gasteiger partial charge in [0.05, 0.1) is 5.52 Å². The van der Waals surface area contributed by atoms with E-state index in [4.69, 9.17) is 4.98 Å². The molecule has 146 valence electrons. The summed E-state index contributed by atoms with van der Waals surface area (Å²) in [5.74, 6) is 1.10. The maximum Gasteiger partial charge on any atom is 0.278 e. The van der Waals surface area contributed by atoms with E-state index in [2.05, 4.69) is 25.2 Å². The SMILES string of the molecule is Cc1cc2nc3n(c(=O)c2n1CC(=O)Nc1cccc(C(C)C)c1)CCCC3. The Morgan fingerprint density at radius 3 is 2.86 bits per heavy atom. The molecule has 1 amide bonds. The lowest BCUT2D eigenvalue weighted by atomic mass is 10.0. The summed E-state index contributed by atoms with van der Waals surface area (Å²) in [5.41, 5.74) is 3.99. The zero-order valence-corrected chi connectivity index (χ0v) is 16.7. The van der Waals surface area contributed by atoms with Crippen LogP contribution < -0.4 is 10.9 Å². The first-order valence-electron chi connectivity index (χ1n) is 9.93. The molecule has 0 saturated heterocycles. The lowest BCUT2D eigenvalue weighted by Crippen LogP contribution is -2.30. The zero-order chi connectivity index (χ0) is 19.8. The van der Waals surface area contributed by atoms with Crippen LogP contribution in [0, 0.1) is 6.92 Å². The van der Waals surface area contributed by atoms with Crippen LogP contribution in [0.1, 0.15) is 49.7 Å². The Bertz CT molecular complexity index is 1110. The summed E-state index contributed by atoms with van der Waals surface area (Å²) in [5, 5.41) is 2.96. The average Bonchev–Trinajstić information content (AvgIpc) is 2.97. The van der Waals surface area contributed by atoms with E-state index in [1.54, 1.807) is 9.13 Å². The monoisotopic (exact) mass is 378 g/mol. The van der Waals surface area contributed by atoms with Crippen molar-refractivity contribution in [1.82, 2.24) is 14.1 Å². The number of carbonyl (C=O) groups excluding carboxylic acids is 1. The van der Waals surface area contributed by atoms with Crippen molar-refractivity contribution in [2.24, 2.45) is 0 Å². The fraction of sp³-hybridized carbons (Fsp3) is 0.409. The van der Waals surface area contributed by atoms with Gasteiger partial charge in [0.15, 0.2) is 0 Å². The molecular weight excluding hydrogens is 352 g/mol. The maximum absolute atomic E-state index is 13.0. The number of nitrogens with one attached hydrogen (secondary N) is 1. The number of benzene rings is 1. The molecule has 3 aromatic rings. The number of aromatic nitrogens is 3. The van der Waals surface area contributed by atoms with Crippen LogP contribution in [0.2, 0.25) is 0 Å². The molecule has 0 unspecified atom stereocenters. The highest BCUT2D eigenvalue weighted by Gasteiger charge is 2.20. The lowest BCUT2D eigenvalue weighted by molar-refractivity contribution is -0.116. The number of carbonyl (C=O) groups is 1. The molecule has 2 aromatic heterocycles. The van der Waals surface area contributed by atoms with Crippen molar-refractivity contribution in [3.05, 3.63) is 57.8 Å². The minimum atomic E-state index is -0.149. The molecule has 28 heavy (non-hydrogen) atoms. The molecule has 1 aromatic carbocycles. The number of aryl methyl sites for hydroxylation is 2. The Kier molecular flexibility index (Phi) is 4.79. The van der Waals surface area contributed by atoms with Gasteiger partial charge in [-0.3, -0.25) is 14.2 Å². The van der Waals surface area contributed by atoms with E-state index in [0.29, 0.717) is 23.5 Å². The number of nitrogens with zero attached hydrogens (tertiary/aromatic N) is 3. The first-order valence-corrected chi connectivity index (χ1v) is 9.93. The Morgan fingerprint density at radius 2 is 2.07 bits per heavy atom. The highest BCUT2D eigenvalue weighted by Crippen LogP contribution is 2.20. The minimum absolute atomic E-state index is 0.0394. The van der Waals surface area contributed by atoms with Crippen LogP contribution in [0.25, 0.3) is 11.0 Å². The number of rotatable bonds is 4. The van der Waals surface area contributed by atoms with Crippen LogP contribution in [-0.2, 0) is 24.3 Å². The highest BCUT2D eigenvalue weighted by molar-refractivity contribution is 5.92. The molecule has 6 nitrogen and oxygen atoms in total. The van der Waals surface area contributed by atoms with E-state index in [-0.39, 0.29) is 18.0 Å². The highest BCUT2D eigenvalue weighted by atomic mass is 16.2. The second-order valence-electron chi connectivity index (χ2n) is 7.88. The molecule has 0 bridgehead atoms. The number of hydrogen-bond donors (Lipinski definition) is 1. The smallest absolute Gasteiger partial charge is 0.278 e. The summed E-state index contributed by atoms with van der Waals surface area (Å²) in [4.78, 5) is 30.4. The van der Waals surface area contributed by atoms with Crippen molar-refractivity contribution in [2.45, 2.75) is 59.0 Å². The number of anilines is 1. The van der Waals surface area contributed by atoms with Gasteiger partial charge < -0.3 is 9.88 Å². The van der Waals surface area contributed by atoms with Gasteiger partial charge >= 0.3 is 0 Å². The van der Waals surface area contributed by atoms with Crippen LogP contribution in [-0.4, -0.2) is 20.0 Å². The van der Waals surface area contributed by atoms with Crippen molar-refractivity contribution >= 4 is 22.6 Å². The van der Waals surface area contributed by atoms with Crippen molar-refractivity contribution in [3.8, 4) is 0 Å². The summed E-state index contributed by atoms with van der Waals surface area (Å²) in [6.07, 6.45) is 2.89. The fourth-order valence-electron chi connectivity index (χ4n) is 3.91. The van der Waals surface area contributed by atoms with Gasteiger partial charge in [-0.1, -0.05) is 26.0 Å². The third kappa shape index (κ3) is 3.35. The summed E-state index contributed by atoms with van der Waals surface area (Å²) in [6.45, 7) is 6.96. The first-order chi connectivity index (χ1) is 13.4. The number of hydrogen-bond acceptors (Lipinski definition) is 3. The third-order valence-corrected chi connectivity index (χ3v) is 5.46. The normalized spacial score (nSPS) is 13.7. The Hall–Kier alpha value is -2.89. The van der Waals surface area contributed by atoms with Gasteiger partial charge in [-0.25, -0.2) is 4.98 Å². The second-order valence-corrected chi connectivity index (χ2v) is 7.88. The summed E-state index contributed by atoms with van der Waals surface area (Å²) in [6, 6.07) is 9.79. The van der Waals surface area contributed by atoms with Crippen LogP contribution in [0.4, 0.5) is 5.69 Å². The molecule has 0 aliphatic carbocycles. The average molecular weight is 378 g/mol. The van der Waals surface area contributed by atoms with E-state index < -0.39 is 0 Å². The standard InChI is InChI=1S/C22H26N4O2/c1-14(2)16-7-6-8-17(12-16)23-20(27)13-26-15(3)11-18-21(26)22(28)25-10-5-4-9-19(25)24-18/h6-8,11-12,14H,4-5,9-10,13H2,1-3H3,(H,23,27). The van der Waals surface area contributed by atoms with Gasteiger partial charge in [0.2, 0.25) is 5.91 Å². The summed E-state index contributed by atoms with van der Waals surface area (Å²) in [7, 11) is 0. The van der Waals surface area contributed by atoms with Gasteiger partial charge in [-0.05, 0) is 49.4 Å². The van der Waals surface area contributed by atoms with Gasteiger partial charge in [0.25, 0.3) is 5.56 Å². The molecule has 0 atom stereocenters.